The van der Waals surface area contributed by atoms with E-state index in [4.69, 9.17) is 0 Å². The van der Waals surface area contributed by atoms with Crippen molar-refractivity contribution in [3.8, 4) is 0 Å². The van der Waals surface area contributed by atoms with Gasteiger partial charge in [-0.05, 0) is 30.7 Å². The number of rotatable bonds is 5. The molecule has 3 heteroatoms. The second-order valence-corrected chi connectivity index (χ2v) is 6.85. The predicted octanol–water partition coefficient (Wildman–Crippen LogP) is 2.83. The minimum absolute atomic E-state index is 0.323. The van der Waals surface area contributed by atoms with Crippen LogP contribution in [0.15, 0.2) is 30.3 Å². The van der Waals surface area contributed by atoms with Crippen LogP contribution in [0.4, 0.5) is 0 Å². The Morgan fingerprint density at radius 1 is 1.28 bits per heavy atom. The van der Waals surface area contributed by atoms with Crippen LogP contribution >= 0.6 is 0 Å². The van der Waals surface area contributed by atoms with E-state index >= 15 is 0 Å². The van der Waals surface area contributed by atoms with Gasteiger partial charge in [-0.15, -0.1) is 0 Å². The fourth-order valence-electron chi connectivity index (χ4n) is 3.01. The van der Waals surface area contributed by atoms with Crippen molar-refractivity contribution >= 4 is 10.8 Å². The SMILES string of the molecule is CS(=O)CCC(O)(c1ccccc1)C1CCCC1. The quantitative estimate of drug-likeness (QED) is 0.890. The van der Waals surface area contributed by atoms with Crippen molar-refractivity contribution in [2.24, 2.45) is 5.92 Å². The van der Waals surface area contributed by atoms with Crippen LogP contribution in [0.3, 0.4) is 0 Å². The van der Waals surface area contributed by atoms with Crippen LogP contribution in [0.1, 0.15) is 37.7 Å². The summed E-state index contributed by atoms with van der Waals surface area (Å²) in [5.41, 5.74) is 0.200. The molecule has 1 aromatic carbocycles. The summed E-state index contributed by atoms with van der Waals surface area (Å²) in [6.07, 6.45) is 6.89. The Balaban J connectivity index is 2.23. The highest BCUT2D eigenvalue weighted by atomic mass is 32.2. The average Bonchev–Trinajstić information content (AvgIpc) is 2.91. The molecule has 1 fully saturated rings. The van der Waals surface area contributed by atoms with E-state index in [-0.39, 0.29) is 0 Å². The molecule has 1 aliphatic carbocycles. The third kappa shape index (κ3) is 3.01. The topological polar surface area (TPSA) is 37.3 Å². The van der Waals surface area contributed by atoms with Crippen LogP contribution in [-0.4, -0.2) is 21.3 Å². The Hall–Kier alpha value is -0.670. The van der Waals surface area contributed by atoms with Gasteiger partial charge in [0.05, 0.1) is 5.60 Å². The van der Waals surface area contributed by atoms with Gasteiger partial charge in [0.25, 0.3) is 0 Å². The first-order valence-corrected chi connectivity index (χ1v) is 8.43. The van der Waals surface area contributed by atoms with Crippen molar-refractivity contribution in [1.82, 2.24) is 0 Å². The molecule has 1 N–H and O–H groups in total. The molecule has 0 saturated heterocycles. The first kappa shape index (κ1) is 13.8. The van der Waals surface area contributed by atoms with Gasteiger partial charge in [-0.2, -0.15) is 0 Å². The predicted molar refractivity (Wildman–Crippen MR) is 75.8 cm³/mol. The summed E-state index contributed by atoms with van der Waals surface area (Å²) in [6, 6.07) is 9.90. The molecule has 1 saturated carbocycles. The molecule has 0 aromatic heterocycles. The molecule has 0 heterocycles. The van der Waals surface area contributed by atoms with Gasteiger partial charge < -0.3 is 5.11 Å². The van der Waals surface area contributed by atoms with Gasteiger partial charge in [-0.1, -0.05) is 43.2 Å². The highest BCUT2D eigenvalue weighted by molar-refractivity contribution is 7.84. The first-order valence-electron chi connectivity index (χ1n) is 6.71. The van der Waals surface area contributed by atoms with Gasteiger partial charge in [0.15, 0.2) is 0 Å². The first-order chi connectivity index (χ1) is 8.63. The largest absolute Gasteiger partial charge is 0.385 e. The summed E-state index contributed by atoms with van der Waals surface area (Å²) >= 11 is 0. The van der Waals surface area contributed by atoms with E-state index < -0.39 is 16.4 Å². The number of hydrogen-bond donors (Lipinski definition) is 1. The second kappa shape index (κ2) is 5.98. The molecule has 0 amide bonds. The monoisotopic (exact) mass is 266 g/mol. The molecule has 0 radical (unpaired) electrons. The maximum absolute atomic E-state index is 11.3. The van der Waals surface area contributed by atoms with E-state index in [9.17, 15) is 9.32 Å². The zero-order valence-corrected chi connectivity index (χ0v) is 11.8. The van der Waals surface area contributed by atoms with E-state index in [1.807, 2.05) is 30.3 Å². The molecular weight excluding hydrogens is 244 g/mol. The lowest BCUT2D eigenvalue weighted by atomic mass is 9.78. The van der Waals surface area contributed by atoms with Crippen molar-refractivity contribution < 1.29 is 9.32 Å². The molecule has 100 valence electrons. The summed E-state index contributed by atoms with van der Waals surface area (Å²) in [5.74, 6) is 0.894. The molecule has 2 atom stereocenters. The highest BCUT2D eigenvalue weighted by Gasteiger charge is 2.39. The minimum atomic E-state index is -0.846. The molecule has 1 aliphatic rings. The smallest absolute Gasteiger partial charge is 0.0933 e. The normalized spacial score (nSPS) is 21.7. The second-order valence-electron chi connectivity index (χ2n) is 5.30. The summed E-state index contributed by atoms with van der Waals surface area (Å²) in [4.78, 5) is 0. The lowest BCUT2D eigenvalue weighted by Crippen LogP contribution is -2.35. The van der Waals surface area contributed by atoms with Crippen molar-refractivity contribution in [2.75, 3.05) is 12.0 Å². The van der Waals surface area contributed by atoms with E-state index in [0.29, 0.717) is 18.1 Å². The van der Waals surface area contributed by atoms with Gasteiger partial charge >= 0.3 is 0 Å². The maximum Gasteiger partial charge on any atom is 0.0933 e. The summed E-state index contributed by atoms with van der Waals surface area (Å²) < 4.78 is 11.3. The number of aliphatic hydroxyl groups is 1. The zero-order valence-electron chi connectivity index (χ0n) is 11.0. The third-order valence-corrected chi connectivity index (χ3v) is 4.85. The molecule has 2 nitrogen and oxygen atoms in total. The van der Waals surface area contributed by atoms with E-state index in [1.165, 1.54) is 12.8 Å². The average molecular weight is 266 g/mol. The number of hydrogen-bond acceptors (Lipinski definition) is 2. The van der Waals surface area contributed by atoms with Crippen molar-refractivity contribution in [3.63, 3.8) is 0 Å². The van der Waals surface area contributed by atoms with Crippen molar-refractivity contribution in [2.45, 2.75) is 37.7 Å². The van der Waals surface area contributed by atoms with E-state index in [1.54, 1.807) is 6.26 Å². The van der Waals surface area contributed by atoms with Crippen molar-refractivity contribution in [1.29, 1.82) is 0 Å². The molecule has 0 aliphatic heterocycles. The summed E-state index contributed by atoms with van der Waals surface area (Å²) in [5, 5.41) is 11.1. The van der Waals surface area contributed by atoms with Gasteiger partial charge in [0.1, 0.15) is 0 Å². The standard InChI is InChI=1S/C15H22O2S/c1-18(17)12-11-15(16,14-9-5-6-10-14)13-7-3-2-4-8-13/h2-4,7-8,14,16H,5-6,9-12H2,1H3. The van der Waals surface area contributed by atoms with E-state index in [0.717, 1.165) is 18.4 Å². The fourth-order valence-corrected chi connectivity index (χ4v) is 3.61. The molecular formula is C15H22O2S. The molecule has 0 spiro atoms. The third-order valence-electron chi connectivity index (χ3n) is 4.07. The Morgan fingerprint density at radius 3 is 2.44 bits per heavy atom. The Morgan fingerprint density at radius 2 is 1.89 bits per heavy atom. The van der Waals surface area contributed by atoms with Crippen LogP contribution in [0, 0.1) is 5.92 Å². The zero-order chi connectivity index (χ0) is 13.0. The molecule has 18 heavy (non-hydrogen) atoms. The molecule has 1 aromatic rings. The van der Waals surface area contributed by atoms with Gasteiger partial charge in [0, 0.05) is 22.8 Å². The highest BCUT2D eigenvalue weighted by Crippen LogP contribution is 2.42. The maximum atomic E-state index is 11.3. The van der Waals surface area contributed by atoms with Crippen LogP contribution in [0.5, 0.6) is 0 Å². The Kier molecular flexibility index (Phi) is 4.57. The summed E-state index contributed by atoms with van der Waals surface area (Å²) in [7, 11) is -0.846. The van der Waals surface area contributed by atoms with Crippen molar-refractivity contribution in [3.05, 3.63) is 35.9 Å². The van der Waals surface area contributed by atoms with Crippen LogP contribution in [0.25, 0.3) is 0 Å². The van der Waals surface area contributed by atoms with Crippen LogP contribution in [0.2, 0.25) is 0 Å². The molecule has 0 bridgehead atoms. The molecule has 2 unspecified atom stereocenters. The van der Waals surface area contributed by atoms with E-state index in [2.05, 4.69) is 0 Å². The van der Waals surface area contributed by atoms with Gasteiger partial charge in [0.2, 0.25) is 0 Å². The van der Waals surface area contributed by atoms with Crippen LogP contribution < -0.4 is 0 Å². The minimum Gasteiger partial charge on any atom is -0.385 e. The number of benzene rings is 1. The van der Waals surface area contributed by atoms with Gasteiger partial charge in [-0.3, -0.25) is 4.21 Å². The summed E-state index contributed by atoms with van der Waals surface area (Å²) in [6.45, 7) is 0. The fraction of sp³-hybridized carbons (Fsp3) is 0.600. The van der Waals surface area contributed by atoms with Crippen LogP contribution in [-0.2, 0) is 16.4 Å². The molecule has 2 rings (SSSR count). The Bertz CT molecular complexity index is 398. The van der Waals surface area contributed by atoms with Gasteiger partial charge in [-0.25, -0.2) is 0 Å². The lowest BCUT2D eigenvalue weighted by molar-refractivity contribution is -0.0247. The lowest BCUT2D eigenvalue weighted by Gasteiger charge is -2.34. The Labute approximate surface area is 112 Å².